The number of hydrogen-bond donors (Lipinski definition) is 2. The number of aliphatic hydroxyl groups excluding tert-OH is 1. The van der Waals surface area contributed by atoms with Crippen LogP contribution in [0, 0.1) is 0 Å². The minimum Gasteiger partial charge on any atom is -0.398 e. The van der Waals surface area contributed by atoms with E-state index in [2.05, 4.69) is 6.58 Å². The van der Waals surface area contributed by atoms with Crippen LogP contribution in [0.25, 0.3) is 0 Å². The first-order valence-electron chi connectivity index (χ1n) is 5.52. The third-order valence-corrected chi connectivity index (χ3v) is 2.47. The zero-order valence-electron chi connectivity index (χ0n) is 9.80. The molecule has 0 aliphatic rings. The zero-order chi connectivity index (χ0) is 12.7. The highest BCUT2D eigenvalue weighted by atomic mass is 16.3. The van der Waals surface area contributed by atoms with E-state index in [1.807, 2.05) is 18.2 Å². The van der Waals surface area contributed by atoms with Crippen LogP contribution in [-0.2, 0) is 11.2 Å². The molecule has 0 aliphatic heterocycles. The number of benzene rings is 1. The Morgan fingerprint density at radius 3 is 2.76 bits per heavy atom. The van der Waals surface area contributed by atoms with Crippen LogP contribution >= 0.6 is 0 Å². The highest BCUT2D eigenvalue weighted by molar-refractivity contribution is 5.80. The summed E-state index contributed by atoms with van der Waals surface area (Å²) in [5.41, 5.74) is 7.20. The van der Waals surface area contributed by atoms with E-state index < -0.39 is 0 Å². The molecule has 0 unspecified atom stereocenters. The fraction of sp³-hybridized carbons (Fsp3) is 0.308. The molecule has 1 aromatic carbocycles. The summed E-state index contributed by atoms with van der Waals surface area (Å²) in [6, 6.07) is 7.28. The number of nitrogen functional groups attached to an aromatic ring is 1. The predicted molar refractivity (Wildman–Crippen MR) is 68.4 cm³/mol. The standard InChI is InChI=1S/C13H18N2O2/c1-2-7-15(8-9-16)13(17)10-11-5-3-4-6-12(11)14/h2-6,16H,1,7-10,14H2. The Morgan fingerprint density at radius 2 is 2.18 bits per heavy atom. The third kappa shape index (κ3) is 3.92. The van der Waals surface area contributed by atoms with Gasteiger partial charge in [-0.15, -0.1) is 6.58 Å². The highest BCUT2D eigenvalue weighted by Gasteiger charge is 2.13. The van der Waals surface area contributed by atoms with Crippen LogP contribution in [0.5, 0.6) is 0 Å². The molecule has 0 spiro atoms. The smallest absolute Gasteiger partial charge is 0.227 e. The fourth-order valence-electron chi connectivity index (χ4n) is 1.56. The Bertz CT molecular complexity index is 391. The lowest BCUT2D eigenvalue weighted by Gasteiger charge is -2.20. The van der Waals surface area contributed by atoms with Gasteiger partial charge in [-0.1, -0.05) is 24.3 Å². The third-order valence-electron chi connectivity index (χ3n) is 2.47. The summed E-state index contributed by atoms with van der Waals surface area (Å²) >= 11 is 0. The van der Waals surface area contributed by atoms with E-state index in [1.54, 1.807) is 17.0 Å². The van der Waals surface area contributed by atoms with Crippen LogP contribution in [0.1, 0.15) is 5.56 Å². The zero-order valence-corrected chi connectivity index (χ0v) is 9.80. The molecule has 0 aliphatic carbocycles. The van der Waals surface area contributed by atoms with Crippen molar-refractivity contribution in [2.24, 2.45) is 0 Å². The Morgan fingerprint density at radius 1 is 1.47 bits per heavy atom. The van der Waals surface area contributed by atoms with E-state index >= 15 is 0 Å². The van der Waals surface area contributed by atoms with E-state index in [-0.39, 0.29) is 18.9 Å². The van der Waals surface area contributed by atoms with Crippen molar-refractivity contribution in [3.05, 3.63) is 42.5 Å². The van der Waals surface area contributed by atoms with Gasteiger partial charge in [0.2, 0.25) is 5.91 Å². The van der Waals surface area contributed by atoms with Crippen LogP contribution in [0.3, 0.4) is 0 Å². The Labute approximate surface area is 101 Å². The summed E-state index contributed by atoms with van der Waals surface area (Å²) in [6.45, 7) is 4.29. The predicted octanol–water partition coefficient (Wildman–Crippen LogP) is 0.818. The SMILES string of the molecule is C=CCN(CCO)C(=O)Cc1ccccc1N. The van der Waals surface area contributed by atoms with E-state index in [0.717, 1.165) is 5.56 Å². The molecule has 3 N–H and O–H groups in total. The van der Waals surface area contributed by atoms with Gasteiger partial charge in [-0.05, 0) is 11.6 Å². The van der Waals surface area contributed by atoms with E-state index in [4.69, 9.17) is 10.8 Å². The van der Waals surface area contributed by atoms with Gasteiger partial charge in [0, 0.05) is 18.8 Å². The fourth-order valence-corrected chi connectivity index (χ4v) is 1.56. The van der Waals surface area contributed by atoms with Crippen molar-refractivity contribution in [2.45, 2.75) is 6.42 Å². The second-order valence-electron chi connectivity index (χ2n) is 3.73. The lowest BCUT2D eigenvalue weighted by Crippen LogP contribution is -2.34. The highest BCUT2D eigenvalue weighted by Crippen LogP contribution is 2.12. The summed E-state index contributed by atoms with van der Waals surface area (Å²) in [6.07, 6.45) is 1.89. The second-order valence-corrected chi connectivity index (χ2v) is 3.73. The lowest BCUT2D eigenvalue weighted by atomic mass is 10.1. The molecule has 0 bridgehead atoms. The maximum Gasteiger partial charge on any atom is 0.227 e. The quantitative estimate of drug-likeness (QED) is 0.565. The van der Waals surface area contributed by atoms with Gasteiger partial charge < -0.3 is 15.7 Å². The number of anilines is 1. The number of amides is 1. The molecule has 0 heterocycles. The number of aliphatic hydroxyl groups is 1. The summed E-state index contributed by atoms with van der Waals surface area (Å²) < 4.78 is 0. The van der Waals surface area contributed by atoms with Crippen molar-refractivity contribution < 1.29 is 9.90 Å². The van der Waals surface area contributed by atoms with Gasteiger partial charge in [-0.3, -0.25) is 4.79 Å². The Hall–Kier alpha value is -1.81. The molecule has 4 heteroatoms. The van der Waals surface area contributed by atoms with E-state index in [9.17, 15) is 4.79 Å². The van der Waals surface area contributed by atoms with Crippen molar-refractivity contribution >= 4 is 11.6 Å². The number of rotatable bonds is 6. The first kappa shape index (κ1) is 13.3. The Balaban J connectivity index is 2.69. The summed E-state index contributed by atoms with van der Waals surface area (Å²) in [5, 5.41) is 8.88. The molecule has 4 nitrogen and oxygen atoms in total. The molecule has 0 saturated heterocycles. The monoisotopic (exact) mass is 234 g/mol. The van der Waals surface area contributed by atoms with Gasteiger partial charge in [0.25, 0.3) is 0 Å². The maximum absolute atomic E-state index is 12.0. The molecule has 0 fully saturated rings. The van der Waals surface area contributed by atoms with Crippen LogP contribution in [0.15, 0.2) is 36.9 Å². The second kappa shape index (κ2) is 6.70. The summed E-state index contributed by atoms with van der Waals surface area (Å²) in [4.78, 5) is 13.5. The van der Waals surface area contributed by atoms with Crippen molar-refractivity contribution in [3.63, 3.8) is 0 Å². The molecule has 17 heavy (non-hydrogen) atoms. The molecule has 0 atom stereocenters. The first-order chi connectivity index (χ1) is 8.19. The molecule has 1 rings (SSSR count). The minimum atomic E-state index is -0.0585. The lowest BCUT2D eigenvalue weighted by molar-refractivity contribution is -0.130. The number of para-hydroxylation sites is 1. The minimum absolute atomic E-state index is 0.0517. The summed E-state index contributed by atoms with van der Waals surface area (Å²) in [5.74, 6) is -0.0585. The van der Waals surface area contributed by atoms with Gasteiger partial charge in [0.05, 0.1) is 13.0 Å². The van der Waals surface area contributed by atoms with Gasteiger partial charge in [-0.25, -0.2) is 0 Å². The molecular formula is C13H18N2O2. The molecule has 1 aromatic rings. The van der Waals surface area contributed by atoms with Crippen molar-refractivity contribution in [2.75, 3.05) is 25.4 Å². The average Bonchev–Trinajstić information content (AvgIpc) is 2.32. The average molecular weight is 234 g/mol. The van der Waals surface area contributed by atoms with Crippen molar-refractivity contribution in [3.8, 4) is 0 Å². The number of nitrogens with two attached hydrogens (primary N) is 1. The van der Waals surface area contributed by atoms with Crippen molar-refractivity contribution in [1.82, 2.24) is 4.90 Å². The molecule has 0 aromatic heterocycles. The number of nitrogens with zero attached hydrogens (tertiary/aromatic N) is 1. The van der Waals surface area contributed by atoms with Gasteiger partial charge >= 0.3 is 0 Å². The largest absolute Gasteiger partial charge is 0.398 e. The van der Waals surface area contributed by atoms with Crippen LogP contribution < -0.4 is 5.73 Å². The normalized spacial score (nSPS) is 9.94. The van der Waals surface area contributed by atoms with Crippen LogP contribution in [0.4, 0.5) is 5.69 Å². The topological polar surface area (TPSA) is 66.6 Å². The van der Waals surface area contributed by atoms with Gasteiger partial charge in [-0.2, -0.15) is 0 Å². The van der Waals surface area contributed by atoms with Gasteiger partial charge in [0.1, 0.15) is 0 Å². The number of carbonyl (C=O) groups is 1. The van der Waals surface area contributed by atoms with Crippen molar-refractivity contribution in [1.29, 1.82) is 0 Å². The molecule has 0 radical (unpaired) electrons. The van der Waals surface area contributed by atoms with Crippen LogP contribution in [0.2, 0.25) is 0 Å². The molecule has 1 amide bonds. The van der Waals surface area contributed by atoms with E-state index in [0.29, 0.717) is 18.8 Å². The van der Waals surface area contributed by atoms with Crippen LogP contribution in [-0.4, -0.2) is 35.6 Å². The molecule has 0 saturated carbocycles. The first-order valence-corrected chi connectivity index (χ1v) is 5.52. The molecule has 92 valence electrons. The maximum atomic E-state index is 12.0. The number of carbonyl (C=O) groups excluding carboxylic acids is 1. The van der Waals surface area contributed by atoms with Gasteiger partial charge in [0.15, 0.2) is 0 Å². The molecular weight excluding hydrogens is 216 g/mol. The van der Waals surface area contributed by atoms with E-state index in [1.165, 1.54) is 0 Å². The number of hydrogen-bond acceptors (Lipinski definition) is 3. The summed E-state index contributed by atoms with van der Waals surface area (Å²) in [7, 11) is 0. The Kier molecular flexibility index (Phi) is 5.23.